The van der Waals surface area contributed by atoms with Crippen molar-refractivity contribution in [1.29, 1.82) is 0 Å². The summed E-state index contributed by atoms with van der Waals surface area (Å²) in [5, 5.41) is 0. The molecule has 1 atom stereocenters. The summed E-state index contributed by atoms with van der Waals surface area (Å²) in [6.45, 7) is 10.7. The zero-order valence-corrected chi connectivity index (χ0v) is 18.3. The number of Topliss-reactive ketones (excluding diaryl/α,β-unsaturated/α-hetero) is 1. The van der Waals surface area contributed by atoms with E-state index >= 15 is 0 Å². The summed E-state index contributed by atoms with van der Waals surface area (Å²) in [4.78, 5) is 16.3. The Kier molecular flexibility index (Phi) is 5.76. The van der Waals surface area contributed by atoms with Crippen LogP contribution < -0.4 is 0 Å². The fraction of sp³-hybridized carbons (Fsp3) is 0.321. The van der Waals surface area contributed by atoms with Gasteiger partial charge < -0.3 is 4.98 Å². The number of carbonyl (C=O) groups is 1. The van der Waals surface area contributed by atoms with Crippen LogP contribution in [0.5, 0.6) is 0 Å². The van der Waals surface area contributed by atoms with Crippen LogP contribution >= 0.6 is 0 Å². The Morgan fingerprint density at radius 1 is 1.07 bits per heavy atom. The third-order valence-corrected chi connectivity index (χ3v) is 6.53. The Hall–Kier alpha value is -2.87. The second kappa shape index (κ2) is 8.47. The molecule has 3 aromatic rings. The molecule has 0 amide bonds. The average molecular weight is 398 g/mol. The van der Waals surface area contributed by atoms with Gasteiger partial charge in [0.05, 0.1) is 0 Å². The smallest absolute Gasteiger partial charge is 0.164 e. The molecule has 1 aliphatic rings. The maximum Gasteiger partial charge on any atom is 0.164 e. The number of H-pyrrole nitrogens is 1. The van der Waals surface area contributed by atoms with E-state index in [0.29, 0.717) is 12.3 Å². The van der Waals surface area contributed by atoms with Crippen LogP contribution in [0.2, 0.25) is 0 Å². The van der Waals surface area contributed by atoms with E-state index in [4.69, 9.17) is 0 Å². The van der Waals surface area contributed by atoms with Crippen molar-refractivity contribution in [1.82, 2.24) is 4.98 Å². The molecule has 2 heteroatoms. The van der Waals surface area contributed by atoms with E-state index in [1.807, 2.05) is 0 Å². The molecule has 1 N–H and O–H groups in total. The number of carbonyl (C=O) groups excluding carboxylic acids is 1. The summed E-state index contributed by atoms with van der Waals surface area (Å²) in [6.07, 6.45) is 4.72. The molecule has 0 radical (unpaired) electrons. The maximum atomic E-state index is 12.7. The maximum absolute atomic E-state index is 12.7. The molecular formula is C28H31NO. The number of allylic oxidation sites excluding steroid dienone is 1. The molecule has 4 rings (SSSR count). The number of nitrogens with one attached hydrogen (secondary N) is 1. The van der Waals surface area contributed by atoms with Gasteiger partial charge in [0, 0.05) is 23.4 Å². The highest BCUT2D eigenvalue weighted by Crippen LogP contribution is 2.36. The lowest BCUT2D eigenvalue weighted by Crippen LogP contribution is -2.01. The molecule has 1 aliphatic carbocycles. The van der Waals surface area contributed by atoms with Gasteiger partial charge in [-0.3, -0.25) is 4.79 Å². The van der Waals surface area contributed by atoms with Crippen LogP contribution in [-0.4, -0.2) is 10.8 Å². The molecule has 0 saturated heterocycles. The van der Waals surface area contributed by atoms with Gasteiger partial charge in [-0.05, 0) is 72.1 Å². The Labute approximate surface area is 180 Å². The Bertz CT molecular complexity index is 1100. The lowest BCUT2D eigenvalue weighted by Gasteiger charge is -2.15. The van der Waals surface area contributed by atoms with Crippen LogP contribution in [0.4, 0.5) is 0 Å². The van der Waals surface area contributed by atoms with Crippen LogP contribution in [0.3, 0.4) is 0 Å². The highest BCUT2D eigenvalue weighted by atomic mass is 16.1. The number of aryl methyl sites for hydroxylation is 1. The highest BCUT2D eigenvalue weighted by molar-refractivity contribution is 5.99. The fourth-order valence-electron chi connectivity index (χ4n) is 4.66. The van der Waals surface area contributed by atoms with E-state index in [9.17, 15) is 4.79 Å². The van der Waals surface area contributed by atoms with E-state index in [0.717, 1.165) is 53.8 Å². The van der Waals surface area contributed by atoms with Crippen LogP contribution in [0.15, 0.2) is 55.1 Å². The van der Waals surface area contributed by atoms with Gasteiger partial charge in [-0.15, -0.1) is 0 Å². The monoisotopic (exact) mass is 397 g/mol. The third kappa shape index (κ3) is 3.79. The molecule has 2 nitrogen and oxygen atoms in total. The van der Waals surface area contributed by atoms with E-state index in [-0.39, 0.29) is 5.78 Å². The van der Waals surface area contributed by atoms with Gasteiger partial charge in [-0.1, -0.05) is 68.8 Å². The molecule has 1 aromatic heterocycles. The minimum absolute atomic E-state index is 0.279. The highest BCUT2D eigenvalue weighted by Gasteiger charge is 2.24. The normalized spacial score (nSPS) is 16.2. The zero-order chi connectivity index (χ0) is 21.3. The van der Waals surface area contributed by atoms with E-state index in [1.165, 1.54) is 22.3 Å². The molecule has 0 saturated carbocycles. The number of hydrogen-bond acceptors (Lipinski definition) is 1. The Morgan fingerprint density at radius 3 is 2.60 bits per heavy atom. The molecule has 0 spiro atoms. The minimum Gasteiger partial charge on any atom is -0.358 e. The van der Waals surface area contributed by atoms with Gasteiger partial charge in [0.15, 0.2) is 5.78 Å². The Morgan fingerprint density at radius 2 is 1.87 bits per heavy atom. The van der Waals surface area contributed by atoms with Gasteiger partial charge >= 0.3 is 0 Å². The number of aromatic nitrogens is 1. The second-order valence-corrected chi connectivity index (χ2v) is 8.57. The number of aromatic amines is 1. The number of rotatable bonds is 5. The second-order valence-electron chi connectivity index (χ2n) is 8.57. The van der Waals surface area contributed by atoms with Crippen molar-refractivity contribution in [2.45, 2.75) is 52.9 Å². The first-order chi connectivity index (χ1) is 14.5. The molecule has 1 unspecified atom stereocenters. The molecule has 154 valence electrons. The minimum atomic E-state index is 0.279. The fourth-order valence-corrected chi connectivity index (χ4v) is 4.66. The first kappa shape index (κ1) is 20.4. The first-order valence-electron chi connectivity index (χ1n) is 11.2. The third-order valence-electron chi connectivity index (χ3n) is 6.53. The van der Waals surface area contributed by atoms with Crippen molar-refractivity contribution in [2.24, 2.45) is 5.92 Å². The van der Waals surface area contributed by atoms with E-state index in [1.54, 1.807) is 0 Å². The molecule has 30 heavy (non-hydrogen) atoms. The Balaban J connectivity index is 1.81. The lowest BCUT2D eigenvalue weighted by atomic mass is 9.90. The summed E-state index contributed by atoms with van der Waals surface area (Å²) in [5.74, 6) is 0.864. The predicted octanol–water partition coefficient (Wildman–Crippen LogP) is 7.49. The van der Waals surface area contributed by atoms with Gasteiger partial charge in [0.25, 0.3) is 0 Å². The summed E-state index contributed by atoms with van der Waals surface area (Å²) in [7, 11) is 0. The van der Waals surface area contributed by atoms with Crippen LogP contribution in [0, 0.1) is 5.92 Å². The SMILES string of the molecule is C=C(C)c1ccccc1-c1cc(-c2cc3c([nH]2)CC(CC)CCC3=O)ccc1CC. The van der Waals surface area contributed by atoms with Gasteiger partial charge in [0.1, 0.15) is 0 Å². The molecule has 1 heterocycles. The van der Waals surface area contributed by atoms with Crippen LogP contribution in [0.25, 0.3) is 28.0 Å². The van der Waals surface area contributed by atoms with E-state index < -0.39 is 0 Å². The number of hydrogen-bond donors (Lipinski definition) is 1. The molecule has 0 fully saturated rings. The van der Waals surface area contributed by atoms with Crippen molar-refractivity contribution >= 4 is 11.4 Å². The van der Waals surface area contributed by atoms with Gasteiger partial charge in [-0.25, -0.2) is 0 Å². The topological polar surface area (TPSA) is 32.9 Å². The lowest BCUT2D eigenvalue weighted by molar-refractivity contribution is 0.0978. The van der Waals surface area contributed by atoms with Crippen molar-refractivity contribution < 1.29 is 4.79 Å². The molecule has 0 aliphatic heterocycles. The van der Waals surface area contributed by atoms with Crippen molar-refractivity contribution in [3.05, 3.63) is 77.5 Å². The number of fused-ring (bicyclic) bond motifs is 1. The van der Waals surface area contributed by atoms with Crippen LogP contribution in [0.1, 0.15) is 67.2 Å². The van der Waals surface area contributed by atoms with Crippen molar-refractivity contribution in [2.75, 3.05) is 0 Å². The predicted molar refractivity (Wildman–Crippen MR) is 127 cm³/mol. The largest absolute Gasteiger partial charge is 0.358 e. The molecule has 2 aromatic carbocycles. The standard InChI is InChI=1S/C28H31NO/c1-5-19-11-14-28(30)25-17-26(29-27(25)15-19)21-13-12-20(6-2)24(16-21)23-10-8-7-9-22(23)18(3)4/h7-10,12-13,16-17,19,29H,3,5-6,11,14-15H2,1-2,4H3. The van der Waals surface area contributed by atoms with Gasteiger partial charge in [0.2, 0.25) is 0 Å². The summed E-state index contributed by atoms with van der Waals surface area (Å²) < 4.78 is 0. The van der Waals surface area contributed by atoms with Crippen molar-refractivity contribution in [3.8, 4) is 22.4 Å². The number of benzene rings is 2. The van der Waals surface area contributed by atoms with Crippen LogP contribution in [-0.2, 0) is 12.8 Å². The van der Waals surface area contributed by atoms with Gasteiger partial charge in [-0.2, -0.15) is 0 Å². The average Bonchev–Trinajstić information content (AvgIpc) is 3.13. The molecular weight excluding hydrogens is 366 g/mol. The van der Waals surface area contributed by atoms with Crippen molar-refractivity contribution in [3.63, 3.8) is 0 Å². The zero-order valence-electron chi connectivity index (χ0n) is 18.3. The van der Waals surface area contributed by atoms with E-state index in [2.05, 4.69) is 80.9 Å². The summed E-state index contributed by atoms with van der Waals surface area (Å²) >= 11 is 0. The summed E-state index contributed by atoms with van der Waals surface area (Å²) in [5.41, 5.74) is 10.2. The summed E-state index contributed by atoms with van der Waals surface area (Å²) in [6, 6.07) is 17.2. The number of ketones is 1. The quantitative estimate of drug-likeness (QED) is 0.444. The first-order valence-corrected chi connectivity index (χ1v) is 11.2. The molecule has 0 bridgehead atoms.